The highest BCUT2D eigenvalue weighted by atomic mass is 16.5. The Labute approximate surface area is 152 Å². The largest absolute Gasteiger partial charge is 0.493 e. The Morgan fingerprint density at radius 1 is 0.800 bits per heavy atom. The number of para-hydroxylation sites is 1. The third kappa shape index (κ3) is 4.75. The second-order valence-corrected chi connectivity index (χ2v) is 7.97. The first-order valence-corrected chi connectivity index (χ1v) is 10.1. The molecule has 4 nitrogen and oxygen atoms in total. The quantitative estimate of drug-likeness (QED) is 0.838. The fourth-order valence-electron chi connectivity index (χ4n) is 4.58. The predicted molar refractivity (Wildman–Crippen MR) is 100 cm³/mol. The number of fused-ring (bicyclic) bond motifs is 1. The summed E-state index contributed by atoms with van der Waals surface area (Å²) < 4.78 is 11.4. The molecule has 4 heteroatoms. The van der Waals surface area contributed by atoms with Crippen LogP contribution in [0, 0.1) is 11.8 Å². The maximum atomic E-state index is 5.94. The van der Waals surface area contributed by atoms with Crippen molar-refractivity contribution in [2.75, 3.05) is 59.1 Å². The van der Waals surface area contributed by atoms with Gasteiger partial charge >= 0.3 is 0 Å². The van der Waals surface area contributed by atoms with E-state index in [0.29, 0.717) is 0 Å². The zero-order valence-corrected chi connectivity index (χ0v) is 15.4. The van der Waals surface area contributed by atoms with Crippen LogP contribution in [0.4, 0.5) is 0 Å². The van der Waals surface area contributed by atoms with E-state index in [1.165, 1.54) is 57.4 Å². The van der Waals surface area contributed by atoms with Crippen LogP contribution in [-0.4, -0.2) is 68.9 Å². The molecule has 0 aromatic heterocycles. The molecule has 2 saturated heterocycles. The Morgan fingerprint density at radius 3 is 2.36 bits per heavy atom. The van der Waals surface area contributed by atoms with E-state index in [0.717, 1.165) is 50.5 Å². The number of hydrogen-bond acceptors (Lipinski definition) is 4. The zero-order chi connectivity index (χ0) is 16.9. The SMILES string of the molecule is c1ccc2c(c1)CC(CN1CCC(CN3CCOCC3)CC1)CCO2. The number of hydrogen-bond donors (Lipinski definition) is 0. The summed E-state index contributed by atoms with van der Waals surface area (Å²) in [6.45, 7) is 10.0. The number of benzene rings is 1. The predicted octanol–water partition coefficient (Wildman–Crippen LogP) is 2.67. The number of ether oxygens (including phenoxy) is 2. The van der Waals surface area contributed by atoms with E-state index >= 15 is 0 Å². The van der Waals surface area contributed by atoms with Crippen LogP contribution in [0.1, 0.15) is 24.8 Å². The number of piperidine rings is 1. The number of likely N-dealkylation sites (tertiary alicyclic amines) is 1. The molecule has 1 aromatic rings. The standard InChI is InChI=1S/C21H32N2O2/c1-2-4-21-20(3-1)15-19(7-12-25-21)17-22-8-5-18(6-9-22)16-23-10-13-24-14-11-23/h1-4,18-19H,5-17H2. The summed E-state index contributed by atoms with van der Waals surface area (Å²) in [5.74, 6) is 2.72. The fourth-order valence-corrected chi connectivity index (χ4v) is 4.58. The summed E-state index contributed by atoms with van der Waals surface area (Å²) in [6, 6.07) is 8.58. The molecule has 0 spiro atoms. The Balaban J connectivity index is 1.23. The van der Waals surface area contributed by atoms with E-state index in [1.54, 1.807) is 0 Å². The number of rotatable bonds is 4. The summed E-state index contributed by atoms with van der Waals surface area (Å²) in [5.41, 5.74) is 1.40. The number of morpholine rings is 1. The molecule has 2 fully saturated rings. The van der Waals surface area contributed by atoms with Gasteiger partial charge in [0.1, 0.15) is 5.75 Å². The van der Waals surface area contributed by atoms with Crippen molar-refractivity contribution in [3.05, 3.63) is 29.8 Å². The monoisotopic (exact) mass is 344 g/mol. The lowest BCUT2D eigenvalue weighted by Crippen LogP contribution is -2.43. The highest BCUT2D eigenvalue weighted by Crippen LogP contribution is 2.28. The molecule has 0 amide bonds. The van der Waals surface area contributed by atoms with Gasteiger partial charge in [0.15, 0.2) is 0 Å². The molecule has 138 valence electrons. The van der Waals surface area contributed by atoms with Crippen molar-refractivity contribution in [1.29, 1.82) is 0 Å². The molecule has 25 heavy (non-hydrogen) atoms. The second kappa shape index (κ2) is 8.52. The maximum absolute atomic E-state index is 5.94. The van der Waals surface area contributed by atoms with Crippen molar-refractivity contribution in [2.45, 2.75) is 25.7 Å². The molecular formula is C21H32N2O2. The summed E-state index contributed by atoms with van der Waals surface area (Å²) in [6.07, 6.45) is 5.07. The molecule has 0 radical (unpaired) electrons. The first-order chi connectivity index (χ1) is 12.4. The summed E-state index contributed by atoms with van der Waals surface area (Å²) >= 11 is 0. The summed E-state index contributed by atoms with van der Waals surface area (Å²) in [5, 5.41) is 0. The molecule has 1 atom stereocenters. The topological polar surface area (TPSA) is 24.9 Å². The molecule has 3 aliphatic heterocycles. The van der Waals surface area contributed by atoms with Gasteiger partial charge in [-0.05, 0) is 62.2 Å². The highest BCUT2D eigenvalue weighted by Gasteiger charge is 2.25. The smallest absolute Gasteiger partial charge is 0.122 e. The van der Waals surface area contributed by atoms with Crippen LogP contribution in [0.5, 0.6) is 5.75 Å². The Morgan fingerprint density at radius 2 is 1.52 bits per heavy atom. The third-order valence-electron chi connectivity index (χ3n) is 6.11. The lowest BCUT2D eigenvalue weighted by atomic mass is 9.92. The van der Waals surface area contributed by atoms with Crippen LogP contribution in [0.15, 0.2) is 24.3 Å². The van der Waals surface area contributed by atoms with Gasteiger partial charge in [0.05, 0.1) is 19.8 Å². The van der Waals surface area contributed by atoms with E-state index in [9.17, 15) is 0 Å². The average molecular weight is 344 g/mol. The van der Waals surface area contributed by atoms with Crippen molar-refractivity contribution in [3.63, 3.8) is 0 Å². The van der Waals surface area contributed by atoms with E-state index in [1.807, 2.05) is 0 Å². The van der Waals surface area contributed by atoms with E-state index < -0.39 is 0 Å². The van der Waals surface area contributed by atoms with Crippen molar-refractivity contribution in [2.24, 2.45) is 11.8 Å². The molecule has 0 N–H and O–H groups in total. The summed E-state index contributed by atoms with van der Waals surface area (Å²) in [4.78, 5) is 5.30. The van der Waals surface area contributed by atoms with Crippen LogP contribution in [0.3, 0.4) is 0 Å². The van der Waals surface area contributed by atoms with Crippen LogP contribution in [0.25, 0.3) is 0 Å². The summed E-state index contributed by atoms with van der Waals surface area (Å²) in [7, 11) is 0. The fraction of sp³-hybridized carbons (Fsp3) is 0.714. The van der Waals surface area contributed by atoms with Gasteiger partial charge in [-0.25, -0.2) is 0 Å². The van der Waals surface area contributed by atoms with E-state index in [-0.39, 0.29) is 0 Å². The first-order valence-electron chi connectivity index (χ1n) is 10.1. The van der Waals surface area contributed by atoms with Crippen LogP contribution in [0.2, 0.25) is 0 Å². The van der Waals surface area contributed by atoms with Crippen LogP contribution >= 0.6 is 0 Å². The molecule has 1 aromatic carbocycles. The van der Waals surface area contributed by atoms with Gasteiger partial charge in [-0.15, -0.1) is 0 Å². The minimum atomic E-state index is 0.736. The molecule has 3 aliphatic rings. The Hall–Kier alpha value is -1.10. The van der Waals surface area contributed by atoms with Gasteiger partial charge in [-0.1, -0.05) is 18.2 Å². The van der Waals surface area contributed by atoms with Crippen molar-refractivity contribution < 1.29 is 9.47 Å². The highest BCUT2D eigenvalue weighted by molar-refractivity contribution is 5.34. The molecule has 0 bridgehead atoms. The number of nitrogens with zero attached hydrogens (tertiary/aromatic N) is 2. The molecule has 0 saturated carbocycles. The average Bonchev–Trinajstić information content (AvgIpc) is 2.86. The normalized spacial score (nSPS) is 26.6. The molecular weight excluding hydrogens is 312 g/mol. The van der Waals surface area contributed by atoms with Crippen molar-refractivity contribution in [3.8, 4) is 5.75 Å². The Bertz CT molecular complexity index is 536. The van der Waals surface area contributed by atoms with Crippen molar-refractivity contribution >= 4 is 0 Å². The zero-order valence-electron chi connectivity index (χ0n) is 15.4. The van der Waals surface area contributed by atoms with Gasteiger partial charge < -0.3 is 14.4 Å². The second-order valence-electron chi connectivity index (χ2n) is 7.97. The Kier molecular flexibility index (Phi) is 5.90. The van der Waals surface area contributed by atoms with Gasteiger partial charge in [0.25, 0.3) is 0 Å². The van der Waals surface area contributed by atoms with Crippen LogP contribution in [-0.2, 0) is 11.2 Å². The third-order valence-corrected chi connectivity index (χ3v) is 6.11. The van der Waals surface area contributed by atoms with Gasteiger partial charge in [0, 0.05) is 26.2 Å². The first kappa shape index (κ1) is 17.3. The van der Waals surface area contributed by atoms with E-state index in [2.05, 4.69) is 34.1 Å². The van der Waals surface area contributed by atoms with Gasteiger partial charge in [-0.3, -0.25) is 4.90 Å². The van der Waals surface area contributed by atoms with E-state index in [4.69, 9.17) is 9.47 Å². The minimum absolute atomic E-state index is 0.736. The molecule has 4 rings (SSSR count). The minimum Gasteiger partial charge on any atom is -0.493 e. The lowest BCUT2D eigenvalue weighted by Gasteiger charge is -2.37. The molecule has 0 aliphatic carbocycles. The molecule has 1 unspecified atom stereocenters. The van der Waals surface area contributed by atoms with Crippen molar-refractivity contribution in [1.82, 2.24) is 9.80 Å². The lowest BCUT2D eigenvalue weighted by molar-refractivity contribution is 0.0238. The maximum Gasteiger partial charge on any atom is 0.122 e. The molecule has 3 heterocycles. The van der Waals surface area contributed by atoms with Crippen LogP contribution < -0.4 is 4.74 Å². The van der Waals surface area contributed by atoms with Gasteiger partial charge in [0.2, 0.25) is 0 Å². The van der Waals surface area contributed by atoms with Gasteiger partial charge in [-0.2, -0.15) is 0 Å².